The van der Waals surface area contributed by atoms with Crippen LogP contribution in [0.2, 0.25) is 0 Å². The quantitative estimate of drug-likeness (QED) is 0.836. The number of carbonyl (C=O) groups is 1. The molecule has 0 aromatic carbocycles. The Balaban J connectivity index is 1.55. The molecule has 3 rings (SSSR count). The fraction of sp³-hybridized carbons (Fsp3) is 0.789. The Kier molecular flexibility index (Phi) is 5.49. The predicted molar refractivity (Wildman–Crippen MR) is 95.5 cm³/mol. The van der Waals surface area contributed by atoms with Gasteiger partial charge >= 0.3 is 0 Å². The zero-order chi connectivity index (χ0) is 18.0. The number of piperidine rings is 1. The van der Waals surface area contributed by atoms with Crippen molar-refractivity contribution in [3.8, 4) is 0 Å². The highest BCUT2D eigenvalue weighted by Gasteiger charge is 2.45. The summed E-state index contributed by atoms with van der Waals surface area (Å²) in [4.78, 5) is 14.6. The molecule has 0 radical (unpaired) electrons. The summed E-state index contributed by atoms with van der Waals surface area (Å²) < 4.78 is 13.7. The molecule has 1 aromatic heterocycles. The average molecular weight is 349 g/mol. The fourth-order valence-corrected chi connectivity index (χ4v) is 4.40. The smallest absolute Gasteiger partial charge is 0.222 e. The first-order valence-electron chi connectivity index (χ1n) is 9.40. The van der Waals surface area contributed by atoms with Crippen LogP contribution in [0.4, 0.5) is 0 Å². The second kappa shape index (κ2) is 7.46. The maximum absolute atomic E-state index is 12.6. The maximum atomic E-state index is 12.6. The summed E-state index contributed by atoms with van der Waals surface area (Å²) in [6.07, 6.45) is 5.36. The van der Waals surface area contributed by atoms with Gasteiger partial charge in [-0.25, -0.2) is 0 Å². The molecule has 1 spiro atoms. The van der Waals surface area contributed by atoms with Crippen LogP contribution in [-0.4, -0.2) is 59.1 Å². The van der Waals surface area contributed by atoms with Gasteiger partial charge in [-0.3, -0.25) is 9.48 Å². The van der Waals surface area contributed by atoms with Crippen molar-refractivity contribution >= 4 is 5.91 Å². The van der Waals surface area contributed by atoms with Crippen LogP contribution >= 0.6 is 0 Å². The van der Waals surface area contributed by atoms with E-state index in [1.807, 2.05) is 23.6 Å². The highest BCUT2D eigenvalue weighted by Crippen LogP contribution is 2.37. The number of likely N-dealkylation sites (tertiary alicyclic amines) is 1. The van der Waals surface area contributed by atoms with Crippen molar-refractivity contribution < 1.29 is 14.3 Å². The molecule has 25 heavy (non-hydrogen) atoms. The number of amides is 1. The molecule has 6 heteroatoms. The Morgan fingerprint density at radius 3 is 2.68 bits per heavy atom. The first-order valence-corrected chi connectivity index (χ1v) is 9.40. The molecular weight excluding hydrogens is 318 g/mol. The molecular formula is C19H31N3O3. The highest BCUT2D eigenvalue weighted by atomic mass is 16.5. The zero-order valence-electron chi connectivity index (χ0n) is 16.0. The molecule has 1 amide bonds. The fourth-order valence-electron chi connectivity index (χ4n) is 4.40. The Morgan fingerprint density at radius 1 is 1.36 bits per heavy atom. The molecule has 1 atom stereocenters. The Morgan fingerprint density at radius 2 is 2.08 bits per heavy atom. The summed E-state index contributed by atoms with van der Waals surface area (Å²) in [6.45, 7) is 6.43. The molecule has 6 nitrogen and oxygen atoms in total. The van der Waals surface area contributed by atoms with Crippen molar-refractivity contribution in [1.29, 1.82) is 0 Å². The molecule has 0 aliphatic carbocycles. The molecule has 1 aromatic rings. The van der Waals surface area contributed by atoms with E-state index in [0.717, 1.165) is 63.2 Å². The van der Waals surface area contributed by atoms with E-state index in [4.69, 9.17) is 9.47 Å². The topological polar surface area (TPSA) is 56.6 Å². The van der Waals surface area contributed by atoms with Gasteiger partial charge in [0.1, 0.15) is 0 Å². The Bertz CT molecular complexity index is 618. The van der Waals surface area contributed by atoms with Crippen molar-refractivity contribution in [3.05, 3.63) is 17.0 Å². The van der Waals surface area contributed by atoms with E-state index in [9.17, 15) is 4.79 Å². The van der Waals surface area contributed by atoms with E-state index in [0.29, 0.717) is 6.42 Å². The lowest BCUT2D eigenvalue weighted by molar-refractivity contribution is -0.188. The minimum atomic E-state index is -0.180. The van der Waals surface area contributed by atoms with E-state index in [-0.39, 0.29) is 17.6 Å². The van der Waals surface area contributed by atoms with Crippen LogP contribution in [0, 0.1) is 13.8 Å². The van der Waals surface area contributed by atoms with Gasteiger partial charge in [0.25, 0.3) is 0 Å². The Labute approximate surface area is 150 Å². The van der Waals surface area contributed by atoms with E-state index >= 15 is 0 Å². The number of rotatable bonds is 4. The molecule has 0 saturated carbocycles. The highest BCUT2D eigenvalue weighted by molar-refractivity contribution is 5.76. The van der Waals surface area contributed by atoms with E-state index < -0.39 is 0 Å². The number of hydrogen-bond acceptors (Lipinski definition) is 4. The van der Waals surface area contributed by atoms with E-state index in [1.165, 1.54) is 5.56 Å². The monoisotopic (exact) mass is 349 g/mol. The van der Waals surface area contributed by atoms with Gasteiger partial charge < -0.3 is 14.4 Å². The lowest BCUT2D eigenvalue weighted by Gasteiger charge is -2.48. The maximum Gasteiger partial charge on any atom is 0.222 e. The van der Waals surface area contributed by atoms with Crippen molar-refractivity contribution in [2.45, 2.75) is 64.1 Å². The van der Waals surface area contributed by atoms with Crippen molar-refractivity contribution in [3.63, 3.8) is 0 Å². The Hall–Kier alpha value is -1.40. The largest absolute Gasteiger partial charge is 0.378 e. The summed E-state index contributed by atoms with van der Waals surface area (Å²) in [5.74, 6) is 0.238. The minimum absolute atomic E-state index is 0.166. The van der Waals surface area contributed by atoms with E-state index in [2.05, 4.69) is 12.0 Å². The molecule has 2 fully saturated rings. The summed E-state index contributed by atoms with van der Waals surface area (Å²) in [5.41, 5.74) is 3.21. The van der Waals surface area contributed by atoms with Crippen LogP contribution in [0.25, 0.3) is 0 Å². The lowest BCUT2D eigenvalue weighted by atomic mass is 9.81. The number of hydrogen-bond donors (Lipinski definition) is 0. The second-order valence-corrected chi connectivity index (χ2v) is 7.43. The standard InChI is InChI=1S/C19H31N3O3/c1-14-16(15(2)21(3)20-14)7-8-18(23)22-11-9-19(10-12-22)17(24-4)6-5-13-25-19/h17H,5-13H2,1-4H3/t17-/m1/s1. The van der Waals surface area contributed by atoms with Crippen LogP contribution in [0.15, 0.2) is 0 Å². The zero-order valence-corrected chi connectivity index (χ0v) is 16.0. The van der Waals surface area contributed by atoms with Gasteiger partial charge in [-0.05, 0) is 51.5 Å². The molecule has 2 aliphatic rings. The number of aromatic nitrogens is 2. The van der Waals surface area contributed by atoms with Crippen LogP contribution < -0.4 is 0 Å². The van der Waals surface area contributed by atoms with Crippen molar-refractivity contribution in [2.24, 2.45) is 7.05 Å². The van der Waals surface area contributed by atoms with Gasteiger partial charge in [-0.1, -0.05) is 0 Å². The SMILES string of the molecule is CO[C@@H]1CCCOC12CCN(C(=O)CCc1c(C)nn(C)c1C)CC2. The third kappa shape index (κ3) is 3.60. The predicted octanol–water partition coefficient (Wildman–Crippen LogP) is 2.16. The lowest BCUT2D eigenvalue weighted by Crippen LogP contribution is -2.56. The number of methoxy groups -OCH3 is 1. The number of aryl methyl sites for hydroxylation is 2. The number of ether oxygens (including phenoxy) is 2. The number of carbonyl (C=O) groups excluding carboxylic acids is 1. The molecule has 0 N–H and O–H groups in total. The normalized spacial score (nSPS) is 23.2. The summed E-state index contributed by atoms with van der Waals surface area (Å²) in [5, 5.41) is 4.44. The van der Waals surface area contributed by atoms with Crippen molar-refractivity contribution in [2.75, 3.05) is 26.8 Å². The van der Waals surface area contributed by atoms with Gasteiger partial charge in [0.05, 0.1) is 17.4 Å². The van der Waals surface area contributed by atoms with Gasteiger partial charge in [0, 0.05) is 46.0 Å². The average Bonchev–Trinajstić information content (AvgIpc) is 2.86. The molecule has 2 saturated heterocycles. The van der Waals surface area contributed by atoms with Gasteiger partial charge in [0.15, 0.2) is 0 Å². The van der Waals surface area contributed by atoms with Crippen LogP contribution in [0.3, 0.4) is 0 Å². The van der Waals surface area contributed by atoms with Crippen molar-refractivity contribution in [1.82, 2.24) is 14.7 Å². The molecule has 0 bridgehead atoms. The third-order valence-electron chi connectivity index (χ3n) is 6.08. The van der Waals surface area contributed by atoms with Crippen LogP contribution in [0.1, 0.15) is 49.1 Å². The summed E-state index contributed by atoms with van der Waals surface area (Å²) >= 11 is 0. The molecule has 0 unspecified atom stereocenters. The summed E-state index contributed by atoms with van der Waals surface area (Å²) in [7, 11) is 3.73. The first-order chi connectivity index (χ1) is 12.0. The second-order valence-electron chi connectivity index (χ2n) is 7.43. The minimum Gasteiger partial charge on any atom is -0.378 e. The van der Waals surface area contributed by atoms with Crippen LogP contribution in [0.5, 0.6) is 0 Å². The third-order valence-corrected chi connectivity index (χ3v) is 6.08. The van der Waals surface area contributed by atoms with Gasteiger partial charge in [-0.2, -0.15) is 5.10 Å². The molecule has 140 valence electrons. The van der Waals surface area contributed by atoms with E-state index in [1.54, 1.807) is 7.11 Å². The molecule has 2 aliphatic heterocycles. The number of nitrogens with zero attached hydrogens (tertiary/aromatic N) is 3. The molecule has 3 heterocycles. The van der Waals surface area contributed by atoms with Crippen LogP contribution in [-0.2, 0) is 27.7 Å². The van der Waals surface area contributed by atoms with Gasteiger partial charge in [0.2, 0.25) is 5.91 Å². The summed E-state index contributed by atoms with van der Waals surface area (Å²) in [6, 6.07) is 0. The van der Waals surface area contributed by atoms with Gasteiger partial charge in [-0.15, -0.1) is 0 Å². The first kappa shape index (κ1) is 18.4.